The van der Waals surface area contributed by atoms with Crippen molar-refractivity contribution in [3.8, 4) is 0 Å². The summed E-state index contributed by atoms with van der Waals surface area (Å²) in [6, 6.07) is 2.52. The monoisotopic (exact) mass is 269 g/mol. The Morgan fingerprint density at radius 1 is 1.10 bits per heavy atom. The van der Waals surface area contributed by atoms with Crippen molar-refractivity contribution in [1.82, 2.24) is 0 Å². The van der Waals surface area contributed by atoms with Crippen LogP contribution in [-0.2, 0) is 10.8 Å². The summed E-state index contributed by atoms with van der Waals surface area (Å²) in [5.41, 5.74) is 8.95. The van der Waals surface area contributed by atoms with Crippen LogP contribution in [0.3, 0.4) is 0 Å². The van der Waals surface area contributed by atoms with Crippen LogP contribution < -0.4 is 4.90 Å². The molecule has 0 bridgehead atoms. The molecule has 3 aliphatic rings. The van der Waals surface area contributed by atoms with E-state index in [-0.39, 0.29) is 0 Å². The second kappa shape index (κ2) is 3.61. The summed E-state index contributed by atoms with van der Waals surface area (Å²) >= 11 is 0. The van der Waals surface area contributed by atoms with E-state index >= 15 is 0 Å². The van der Waals surface area contributed by atoms with E-state index in [0.717, 1.165) is 5.92 Å². The highest BCUT2D eigenvalue weighted by Crippen LogP contribution is 2.56. The van der Waals surface area contributed by atoms with Crippen molar-refractivity contribution in [2.45, 2.75) is 70.6 Å². The fourth-order valence-corrected chi connectivity index (χ4v) is 5.08. The van der Waals surface area contributed by atoms with Gasteiger partial charge in [0.2, 0.25) is 0 Å². The van der Waals surface area contributed by atoms with Crippen LogP contribution in [0.15, 0.2) is 6.07 Å². The molecule has 1 nitrogen and oxygen atoms in total. The van der Waals surface area contributed by atoms with Crippen LogP contribution in [0.1, 0.15) is 75.1 Å². The van der Waals surface area contributed by atoms with Crippen molar-refractivity contribution >= 4 is 5.69 Å². The lowest BCUT2D eigenvalue weighted by atomic mass is 9.65. The highest BCUT2D eigenvalue weighted by molar-refractivity contribution is 5.73. The van der Waals surface area contributed by atoms with Crippen LogP contribution in [0.2, 0.25) is 0 Å². The Bertz CT molecular complexity index is 594. The molecular weight excluding hydrogens is 242 g/mol. The Hall–Kier alpha value is -0.980. The molecule has 1 aliphatic carbocycles. The number of nitrogens with zero attached hydrogens (tertiary/aromatic N) is 1. The van der Waals surface area contributed by atoms with Gasteiger partial charge in [0, 0.05) is 24.7 Å². The van der Waals surface area contributed by atoms with E-state index in [1.807, 2.05) is 0 Å². The molecule has 1 aromatic rings. The van der Waals surface area contributed by atoms with Crippen LogP contribution in [0, 0.1) is 6.92 Å². The SMILES string of the molecule is Cc1cc2c3c4c1C(C)(C)CCC4CN3CCC2(C)C. The molecule has 0 spiro atoms. The molecule has 2 heterocycles. The summed E-state index contributed by atoms with van der Waals surface area (Å²) in [7, 11) is 0. The van der Waals surface area contributed by atoms with Crippen LogP contribution in [0.4, 0.5) is 5.69 Å². The van der Waals surface area contributed by atoms with Gasteiger partial charge in [-0.05, 0) is 59.3 Å². The van der Waals surface area contributed by atoms with Gasteiger partial charge < -0.3 is 4.90 Å². The third-order valence-electron chi connectivity index (χ3n) is 6.23. The minimum Gasteiger partial charge on any atom is -0.370 e. The second-order valence-electron chi connectivity index (χ2n) is 8.58. The average Bonchev–Trinajstić information content (AvgIpc) is 2.71. The molecule has 4 rings (SSSR count). The third kappa shape index (κ3) is 1.44. The minimum absolute atomic E-state index is 0.349. The smallest absolute Gasteiger partial charge is 0.0443 e. The highest BCUT2D eigenvalue weighted by Gasteiger charge is 2.45. The predicted octanol–water partition coefficient (Wildman–Crippen LogP) is 4.65. The maximum atomic E-state index is 2.70. The van der Waals surface area contributed by atoms with Gasteiger partial charge in [-0.2, -0.15) is 0 Å². The molecule has 0 aromatic heterocycles. The van der Waals surface area contributed by atoms with Crippen LogP contribution in [0.25, 0.3) is 0 Å². The van der Waals surface area contributed by atoms with Gasteiger partial charge >= 0.3 is 0 Å². The molecular formula is C19H27N. The summed E-state index contributed by atoms with van der Waals surface area (Å²) in [5.74, 6) is 0.806. The molecule has 1 unspecified atom stereocenters. The van der Waals surface area contributed by atoms with E-state index in [2.05, 4.69) is 45.6 Å². The summed E-state index contributed by atoms with van der Waals surface area (Å²) in [4.78, 5) is 2.70. The Morgan fingerprint density at radius 2 is 1.85 bits per heavy atom. The van der Waals surface area contributed by atoms with Crippen molar-refractivity contribution in [3.05, 3.63) is 28.3 Å². The number of benzene rings is 1. The Balaban J connectivity index is 2.07. The van der Waals surface area contributed by atoms with Crippen molar-refractivity contribution in [1.29, 1.82) is 0 Å². The molecule has 0 fully saturated rings. The van der Waals surface area contributed by atoms with E-state index in [0.29, 0.717) is 10.8 Å². The molecule has 1 atom stereocenters. The minimum atomic E-state index is 0.349. The van der Waals surface area contributed by atoms with Gasteiger partial charge in [0.15, 0.2) is 0 Å². The summed E-state index contributed by atoms with van der Waals surface area (Å²) in [5, 5.41) is 0. The van der Waals surface area contributed by atoms with Gasteiger partial charge in [0.1, 0.15) is 0 Å². The molecule has 0 radical (unpaired) electrons. The topological polar surface area (TPSA) is 3.24 Å². The van der Waals surface area contributed by atoms with Gasteiger partial charge in [-0.3, -0.25) is 0 Å². The Morgan fingerprint density at radius 3 is 2.60 bits per heavy atom. The zero-order valence-electron chi connectivity index (χ0n) is 13.6. The number of aryl methyl sites for hydroxylation is 1. The zero-order valence-corrected chi connectivity index (χ0v) is 13.6. The fourth-order valence-electron chi connectivity index (χ4n) is 5.08. The first-order chi connectivity index (χ1) is 9.31. The normalized spacial score (nSPS) is 28.4. The highest BCUT2D eigenvalue weighted by atomic mass is 15.2. The first kappa shape index (κ1) is 12.7. The molecule has 0 saturated carbocycles. The molecule has 108 valence electrons. The number of hydrogen-bond donors (Lipinski definition) is 0. The van der Waals surface area contributed by atoms with E-state index in [1.54, 1.807) is 27.9 Å². The van der Waals surface area contributed by atoms with Gasteiger partial charge in [0.25, 0.3) is 0 Å². The molecule has 2 aliphatic heterocycles. The Labute approximate surface area is 123 Å². The summed E-state index contributed by atoms with van der Waals surface area (Å²) < 4.78 is 0. The maximum Gasteiger partial charge on any atom is 0.0443 e. The van der Waals surface area contributed by atoms with Gasteiger partial charge in [-0.1, -0.05) is 33.8 Å². The van der Waals surface area contributed by atoms with E-state index < -0.39 is 0 Å². The lowest BCUT2D eigenvalue weighted by Gasteiger charge is -2.41. The van der Waals surface area contributed by atoms with Crippen LogP contribution in [0.5, 0.6) is 0 Å². The summed E-state index contributed by atoms with van der Waals surface area (Å²) in [6.45, 7) is 14.7. The molecule has 1 aromatic carbocycles. The third-order valence-corrected chi connectivity index (χ3v) is 6.23. The zero-order chi connectivity index (χ0) is 14.3. The lowest BCUT2D eigenvalue weighted by Crippen LogP contribution is -2.36. The van der Waals surface area contributed by atoms with E-state index in [1.165, 1.54) is 32.4 Å². The quantitative estimate of drug-likeness (QED) is 0.662. The number of rotatable bonds is 0. The molecule has 1 heteroatoms. The molecule has 0 N–H and O–H groups in total. The van der Waals surface area contributed by atoms with E-state index in [4.69, 9.17) is 0 Å². The number of hydrogen-bond acceptors (Lipinski definition) is 1. The Kier molecular flexibility index (Phi) is 2.30. The summed E-state index contributed by atoms with van der Waals surface area (Å²) in [6.07, 6.45) is 4.03. The van der Waals surface area contributed by atoms with Gasteiger partial charge in [-0.25, -0.2) is 0 Å². The van der Waals surface area contributed by atoms with Gasteiger partial charge in [-0.15, -0.1) is 0 Å². The fraction of sp³-hybridized carbons (Fsp3) is 0.684. The van der Waals surface area contributed by atoms with Crippen LogP contribution in [-0.4, -0.2) is 13.1 Å². The number of anilines is 1. The molecule has 0 saturated heterocycles. The standard InChI is InChI=1S/C19H27N/c1-12-10-14-17-15-13(6-7-19(4,5)16(12)15)11-20(17)9-8-18(14,2)3/h10,13H,6-9,11H2,1-5H3. The van der Waals surface area contributed by atoms with Crippen molar-refractivity contribution in [3.63, 3.8) is 0 Å². The lowest BCUT2D eigenvalue weighted by molar-refractivity contribution is 0.399. The first-order valence-electron chi connectivity index (χ1n) is 8.25. The van der Waals surface area contributed by atoms with Gasteiger partial charge in [0.05, 0.1) is 0 Å². The molecule has 0 amide bonds. The average molecular weight is 269 g/mol. The van der Waals surface area contributed by atoms with Crippen molar-refractivity contribution in [2.24, 2.45) is 0 Å². The predicted molar refractivity (Wildman–Crippen MR) is 86.0 cm³/mol. The van der Waals surface area contributed by atoms with Crippen molar-refractivity contribution in [2.75, 3.05) is 18.0 Å². The largest absolute Gasteiger partial charge is 0.370 e. The van der Waals surface area contributed by atoms with Crippen LogP contribution >= 0.6 is 0 Å². The second-order valence-corrected chi connectivity index (χ2v) is 8.58. The maximum absolute atomic E-state index is 2.70. The molecule has 20 heavy (non-hydrogen) atoms. The first-order valence-corrected chi connectivity index (χ1v) is 8.25. The van der Waals surface area contributed by atoms with Crippen molar-refractivity contribution < 1.29 is 0 Å². The van der Waals surface area contributed by atoms with E-state index in [9.17, 15) is 0 Å².